The van der Waals surface area contributed by atoms with Gasteiger partial charge < -0.3 is 0 Å². The Morgan fingerprint density at radius 3 is 2.50 bits per heavy atom. The van der Waals surface area contributed by atoms with Crippen molar-refractivity contribution in [3.05, 3.63) is 54.2 Å². The SMILES string of the molecule is [2H]C(=O)c1ccc(-c2ccccn2)cc1. The number of carbonyl (C=O) groups is 1. The second kappa shape index (κ2) is 3.83. The molecule has 2 nitrogen and oxygen atoms in total. The highest BCUT2D eigenvalue weighted by Gasteiger charge is 1.96. The molecule has 0 fully saturated rings. The highest BCUT2D eigenvalue weighted by Crippen LogP contribution is 2.15. The van der Waals surface area contributed by atoms with E-state index in [1.807, 2.05) is 18.2 Å². The molecule has 0 unspecified atom stereocenters. The third-order valence-corrected chi connectivity index (χ3v) is 1.96. The first-order valence-corrected chi connectivity index (χ1v) is 4.30. The number of pyridine rings is 1. The maximum absolute atomic E-state index is 10.7. The van der Waals surface area contributed by atoms with E-state index in [1.165, 1.54) is 0 Å². The summed E-state index contributed by atoms with van der Waals surface area (Å²) in [5.74, 6) is 0. The van der Waals surface area contributed by atoms with Crippen LogP contribution in [0.1, 0.15) is 11.7 Å². The molecule has 2 heteroatoms. The van der Waals surface area contributed by atoms with Gasteiger partial charge in [-0.05, 0) is 12.1 Å². The van der Waals surface area contributed by atoms with Crippen LogP contribution >= 0.6 is 0 Å². The summed E-state index contributed by atoms with van der Waals surface area (Å²) in [4.78, 5) is 14.9. The molecule has 0 N–H and O–H groups in total. The van der Waals surface area contributed by atoms with E-state index in [0.29, 0.717) is 5.56 Å². The molecule has 0 bridgehead atoms. The molecular formula is C12H9NO. The van der Waals surface area contributed by atoms with Crippen molar-refractivity contribution in [2.45, 2.75) is 0 Å². The second-order valence-electron chi connectivity index (χ2n) is 2.89. The van der Waals surface area contributed by atoms with Crippen LogP contribution in [0.3, 0.4) is 0 Å². The lowest BCUT2D eigenvalue weighted by atomic mass is 10.1. The number of hydrogen-bond donors (Lipinski definition) is 0. The zero-order valence-electron chi connectivity index (χ0n) is 8.47. The quantitative estimate of drug-likeness (QED) is 0.671. The summed E-state index contributed by atoms with van der Waals surface area (Å²) in [6.45, 7) is 0. The molecule has 1 aromatic carbocycles. The zero-order chi connectivity index (χ0) is 10.7. The van der Waals surface area contributed by atoms with E-state index in [1.54, 1.807) is 30.5 Å². The molecule has 0 saturated carbocycles. The van der Waals surface area contributed by atoms with Crippen LogP contribution in [-0.4, -0.2) is 11.2 Å². The monoisotopic (exact) mass is 184 g/mol. The lowest BCUT2D eigenvalue weighted by Gasteiger charge is -1.99. The standard InChI is InChI=1S/C12H9NO/c14-9-10-4-6-11(7-5-10)12-3-1-2-8-13-12/h1-9H/i9D. The average molecular weight is 184 g/mol. The largest absolute Gasteiger partial charge is 0.298 e. The highest BCUT2D eigenvalue weighted by molar-refractivity contribution is 5.76. The van der Waals surface area contributed by atoms with Gasteiger partial charge in [0.15, 0.2) is 0 Å². The molecule has 0 aliphatic heterocycles. The molecular weight excluding hydrogens is 174 g/mol. The molecule has 1 aromatic heterocycles. The summed E-state index contributed by atoms with van der Waals surface area (Å²) < 4.78 is 6.94. The number of rotatable bonds is 2. The molecule has 14 heavy (non-hydrogen) atoms. The fraction of sp³-hybridized carbons (Fsp3) is 0. The van der Waals surface area contributed by atoms with Crippen molar-refractivity contribution in [3.8, 4) is 11.3 Å². The molecule has 0 aliphatic carbocycles. The maximum atomic E-state index is 10.7. The van der Waals surface area contributed by atoms with Gasteiger partial charge in [0.05, 0.1) is 5.69 Å². The van der Waals surface area contributed by atoms with Crippen LogP contribution in [-0.2, 0) is 0 Å². The van der Waals surface area contributed by atoms with Crippen molar-refractivity contribution >= 4 is 6.26 Å². The molecule has 1 heterocycles. The number of aromatic nitrogens is 1. The van der Waals surface area contributed by atoms with Gasteiger partial charge in [-0.2, -0.15) is 0 Å². The minimum Gasteiger partial charge on any atom is -0.298 e. The van der Waals surface area contributed by atoms with Gasteiger partial charge in [0.25, 0.3) is 0 Å². The summed E-state index contributed by atoms with van der Waals surface area (Å²) in [7, 11) is 0. The lowest BCUT2D eigenvalue weighted by molar-refractivity contribution is 0.112. The van der Waals surface area contributed by atoms with Gasteiger partial charge in [-0.15, -0.1) is 0 Å². The molecule has 0 atom stereocenters. The van der Waals surface area contributed by atoms with Crippen molar-refractivity contribution in [2.24, 2.45) is 0 Å². The third-order valence-electron chi connectivity index (χ3n) is 1.96. The van der Waals surface area contributed by atoms with E-state index in [0.717, 1.165) is 11.3 Å². The van der Waals surface area contributed by atoms with Gasteiger partial charge >= 0.3 is 0 Å². The summed E-state index contributed by atoms with van der Waals surface area (Å²) in [5.41, 5.74) is 2.21. The average Bonchev–Trinajstić information content (AvgIpc) is 2.30. The van der Waals surface area contributed by atoms with Crippen LogP contribution in [0.4, 0.5) is 0 Å². The molecule has 0 amide bonds. The summed E-state index contributed by atoms with van der Waals surface area (Å²) in [6, 6.07) is 12.5. The van der Waals surface area contributed by atoms with Gasteiger partial charge in [-0.25, -0.2) is 0 Å². The van der Waals surface area contributed by atoms with Crippen LogP contribution in [0, 0.1) is 0 Å². The van der Waals surface area contributed by atoms with Gasteiger partial charge in [-0.1, -0.05) is 30.3 Å². The van der Waals surface area contributed by atoms with Crippen molar-refractivity contribution in [1.82, 2.24) is 4.98 Å². The van der Waals surface area contributed by atoms with E-state index in [2.05, 4.69) is 4.98 Å². The number of carbonyl (C=O) groups excluding carboxylic acids is 1. The zero-order valence-corrected chi connectivity index (χ0v) is 7.47. The van der Waals surface area contributed by atoms with Crippen LogP contribution < -0.4 is 0 Å². The number of aldehydes is 1. The first kappa shape index (κ1) is 7.44. The minimum atomic E-state index is -0.664. The van der Waals surface area contributed by atoms with Crippen molar-refractivity contribution in [2.75, 3.05) is 0 Å². The predicted molar refractivity (Wildman–Crippen MR) is 55.1 cm³/mol. The normalized spacial score (nSPS) is 10.7. The fourth-order valence-corrected chi connectivity index (χ4v) is 1.24. The van der Waals surface area contributed by atoms with E-state index in [9.17, 15) is 4.79 Å². The molecule has 0 spiro atoms. The molecule has 0 aliphatic rings. The van der Waals surface area contributed by atoms with Crippen molar-refractivity contribution in [3.63, 3.8) is 0 Å². The van der Waals surface area contributed by atoms with Gasteiger partial charge in [0.1, 0.15) is 7.63 Å². The Morgan fingerprint density at radius 2 is 1.93 bits per heavy atom. The fourth-order valence-electron chi connectivity index (χ4n) is 1.24. The van der Waals surface area contributed by atoms with E-state index in [4.69, 9.17) is 1.37 Å². The molecule has 0 saturated heterocycles. The Kier molecular flexibility index (Phi) is 2.04. The van der Waals surface area contributed by atoms with E-state index < -0.39 is 6.26 Å². The predicted octanol–water partition coefficient (Wildman–Crippen LogP) is 2.56. The first-order valence-electron chi connectivity index (χ1n) is 4.80. The minimum absolute atomic E-state index is 0.398. The Balaban J connectivity index is 2.36. The Hall–Kier alpha value is -1.96. The van der Waals surface area contributed by atoms with Gasteiger partial charge in [-0.3, -0.25) is 9.78 Å². The van der Waals surface area contributed by atoms with Crippen LogP contribution in [0.25, 0.3) is 11.3 Å². The molecule has 2 aromatic rings. The second-order valence-corrected chi connectivity index (χ2v) is 2.89. The van der Waals surface area contributed by atoms with Crippen LogP contribution in [0.15, 0.2) is 48.7 Å². The lowest BCUT2D eigenvalue weighted by Crippen LogP contribution is -1.83. The summed E-state index contributed by atoms with van der Waals surface area (Å²) in [6.07, 6.45) is 1.06. The molecule has 0 radical (unpaired) electrons. The van der Waals surface area contributed by atoms with Crippen LogP contribution in [0.5, 0.6) is 0 Å². The van der Waals surface area contributed by atoms with E-state index >= 15 is 0 Å². The number of hydrogen-bond acceptors (Lipinski definition) is 2. The summed E-state index contributed by atoms with van der Waals surface area (Å²) in [5, 5.41) is 0. The van der Waals surface area contributed by atoms with E-state index in [-0.39, 0.29) is 0 Å². The maximum Gasteiger partial charge on any atom is 0.150 e. The highest BCUT2D eigenvalue weighted by atomic mass is 16.1. The topological polar surface area (TPSA) is 30.0 Å². The Morgan fingerprint density at radius 1 is 1.14 bits per heavy atom. The first-order chi connectivity index (χ1) is 7.27. The van der Waals surface area contributed by atoms with Gasteiger partial charge in [0, 0.05) is 17.3 Å². The third kappa shape index (κ3) is 1.69. The number of nitrogens with zero attached hydrogens (tertiary/aromatic N) is 1. The Labute approximate surface area is 83.6 Å². The van der Waals surface area contributed by atoms with Crippen molar-refractivity contribution < 1.29 is 6.17 Å². The smallest absolute Gasteiger partial charge is 0.150 e. The number of benzene rings is 1. The van der Waals surface area contributed by atoms with Crippen molar-refractivity contribution in [1.29, 1.82) is 0 Å². The van der Waals surface area contributed by atoms with Crippen LogP contribution in [0.2, 0.25) is 0 Å². The van der Waals surface area contributed by atoms with Gasteiger partial charge in [0.2, 0.25) is 0 Å². The Bertz CT molecular complexity index is 465. The summed E-state index contributed by atoms with van der Waals surface area (Å²) >= 11 is 0. The molecule has 2 rings (SSSR count). The molecule has 68 valence electrons.